The van der Waals surface area contributed by atoms with Crippen molar-refractivity contribution in [1.29, 1.82) is 0 Å². The minimum atomic E-state index is -3.88. The molecule has 28 heavy (non-hydrogen) atoms. The fraction of sp³-hybridized carbons (Fsp3) is 0.350. The second-order valence-corrected chi connectivity index (χ2v) is 9.25. The van der Waals surface area contributed by atoms with Crippen LogP contribution in [0.4, 0.5) is 0 Å². The van der Waals surface area contributed by atoms with Gasteiger partial charge in [-0.05, 0) is 54.8 Å². The largest absolute Gasteiger partial charge is 0.478 e. The van der Waals surface area contributed by atoms with Gasteiger partial charge in [-0.3, -0.25) is 0 Å². The quantitative estimate of drug-likeness (QED) is 0.741. The molecular weight excluding hydrogens is 402 g/mol. The fourth-order valence-electron chi connectivity index (χ4n) is 3.48. The number of nitrogens with zero attached hydrogens (tertiary/aromatic N) is 1. The summed E-state index contributed by atoms with van der Waals surface area (Å²) in [5.74, 6) is -1.04. The second kappa shape index (κ2) is 8.61. The summed E-state index contributed by atoms with van der Waals surface area (Å²) < 4.78 is 28.0. The van der Waals surface area contributed by atoms with E-state index in [0.717, 1.165) is 12.8 Å². The molecule has 1 aliphatic carbocycles. The van der Waals surface area contributed by atoms with Gasteiger partial charge < -0.3 is 10.2 Å². The Balaban J connectivity index is 1.97. The van der Waals surface area contributed by atoms with Crippen LogP contribution in [0, 0.1) is 0 Å². The van der Waals surface area contributed by atoms with Crippen LogP contribution in [0.5, 0.6) is 0 Å². The lowest BCUT2D eigenvalue weighted by molar-refractivity contribution is 0.0533. The normalized spacial score (nSPS) is 20.2. The van der Waals surface area contributed by atoms with Gasteiger partial charge >= 0.3 is 5.97 Å². The Hall–Kier alpha value is -1.93. The SMILES string of the molecule is O=C(O)c1ccc(CN(C2CCCCC2O)S(=O)(=O)c2ccc(Cl)cc2)cc1. The first-order valence-corrected chi connectivity index (χ1v) is 10.9. The molecule has 150 valence electrons. The van der Waals surface area contributed by atoms with Crippen molar-refractivity contribution in [3.63, 3.8) is 0 Å². The molecule has 0 aliphatic heterocycles. The Morgan fingerprint density at radius 3 is 2.21 bits per heavy atom. The van der Waals surface area contributed by atoms with Crippen LogP contribution in [0.1, 0.15) is 41.6 Å². The Kier molecular flexibility index (Phi) is 6.40. The lowest BCUT2D eigenvalue weighted by Gasteiger charge is -2.36. The fourth-order valence-corrected chi connectivity index (χ4v) is 5.28. The highest BCUT2D eigenvalue weighted by Gasteiger charge is 2.37. The maximum atomic E-state index is 13.3. The summed E-state index contributed by atoms with van der Waals surface area (Å²) in [5.41, 5.74) is 0.786. The molecular formula is C20H22ClNO5S. The third-order valence-electron chi connectivity index (χ3n) is 5.02. The van der Waals surface area contributed by atoms with Gasteiger partial charge in [0.05, 0.1) is 22.6 Å². The number of benzene rings is 2. The van der Waals surface area contributed by atoms with Crippen molar-refractivity contribution in [3.05, 3.63) is 64.7 Å². The summed E-state index contributed by atoms with van der Waals surface area (Å²) in [4.78, 5) is 11.2. The van der Waals surface area contributed by atoms with E-state index < -0.39 is 28.1 Å². The predicted octanol–water partition coefficient (Wildman–Crippen LogP) is 3.53. The van der Waals surface area contributed by atoms with E-state index in [1.165, 1.54) is 40.7 Å². The molecule has 0 bridgehead atoms. The lowest BCUT2D eigenvalue weighted by Crippen LogP contribution is -2.48. The predicted molar refractivity (Wildman–Crippen MR) is 106 cm³/mol. The number of sulfonamides is 1. The molecule has 0 heterocycles. The average Bonchev–Trinajstić information content (AvgIpc) is 2.67. The zero-order valence-electron chi connectivity index (χ0n) is 15.2. The number of hydrogen-bond donors (Lipinski definition) is 2. The van der Waals surface area contributed by atoms with Crippen molar-refractivity contribution in [3.8, 4) is 0 Å². The van der Waals surface area contributed by atoms with E-state index in [1.54, 1.807) is 12.1 Å². The third-order valence-corrected chi connectivity index (χ3v) is 7.16. The van der Waals surface area contributed by atoms with Crippen molar-refractivity contribution >= 4 is 27.6 Å². The number of aliphatic hydroxyl groups excluding tert-OH is 1. The molecule has 0 aromatic heterocycles. The highest BCUT2D eigenvalue weighted by molar-refractivity contribution is 7.89. The molecule has 1 fully saturated rings. The monoisotopic (exact) mass is 423 g/mol. The van der Waals surface area contributed by atoms with E-state index in [0.29, 0.717) is 23.4 Å². The molecule has 1 aliphatic rings. The van der Waals surface area contributed by atoms with Crippen molar-refractivity contribution in [2.75, 3.05) is 0 Å². The minimum Gasteiger partial charge on any atom is -0.478 e. The molecule has 2 unspecified atom stereocenters. The van der Waals surface area contributed by atoms with Gasteiger partial charge in [-0.2, -0.15) is 4.31 Å². The third kappa shape index (κ3) is 4.55. The summed E-state index contributed by atoms with van der Waals surface area (Å²) in [7, 11) is -3.88. The molecule has 6 nitrogen and oxygen atoms in total. The Morgan fingerprint density at radius 1 is 1.04 bits per heavy atom. The van der Waals surface area contributed by atoms with Crippen molar-refractivity contribution < 1.29 is 23.4 Å². The van der Waals surface area contributed by atoms with E-state index in [2.05, 4.69) is 0 Å². The number of aliphatic hydroxyl groups is 1. The van der Waals surface area contributed by atoms with E-state index in [4.69, 9.17) is 16.7 Å². The molecule has 8 heteroatoms. The molecule has 0 amide bonds. The van der Waals surface area contributed by atoms with Crippen LogP contribution in [-0.4, -0.2) is 41.1 Å². The molecule has 3 rings (SSSR count). The molecule has 0 saturated heterocycles. The summed E-state index contributed by atoms with van der Waals surface area (Å²) in [5, 5.41) is 20.0. The van der Waals surface area contributed by atoms with Crippen molar-refractivity contribution in [2.24, 2.45) is 0 Å². The zero-order valence-corrected chi connectivity index (χ0v) is 16.7. The average molecular weight is 424 g/mol. The highest BCUT2D eigenvalue weighted by Crippen LogP contribution is 2.30. The van der Waals surface area contributed by atoms with Crippen molar-refractivity contribution in [2.45, 2.75) is 49.3 Å². The molecule has 2 atom stereocenters. The number of carboxylic acid groups (broad SMARTS) is 1. The van der Waals surface area contributed by atoms with Gasteiger partial charge in [0.15, 0.2) is 0 Å². The van der Waals surface area contributed by atoms with E-state index >= 15 is 0 Å². The van der Waals surface area contributed by atoms with Crippen LogP contribution in [0.3, 0.4) is 0 Å². The molecule has 0 spiro atoms. The summed E-state index contributed by atoms with van der Waals surface area (Å²) in [6.45, 7) is 0.0482. The van der Waals surface area contributed by atoms with Crippen LogP contribution in [0.2, 0.25) is 5.02 Å². The number of carboxylic acids is 1. The van der Waals surface area contributed by atoms with Crippen LogP contribution >= 0.6 is 11.6 Å². The lowest BCUT2D eigenvalue weighted by atomic mass is 9.92. The first kappa shape index (κ1) is 20.8. The first-order valence-electron chi connectivity index (χ1n) is 9.07. The van der Waals surface area contributed by atoms with Crippen LogP contribution in [-0.2, 0) is 16.6 Å². The molecule has 2 aromatic rings. The van der Waals surface area contributed by atoms with Gasteiger partial charge in [-0.25, -0.2) is 13.2 Å². The van der Waals surface area contributed by atoms with E-state index in [9.17, 15) is 18.3 Å². The van der Waals surface area contributed by atoms with Crippen LogP contribution < -0.4 is 0 Å². The molecule has 1 saturated carbocycles. The van der Waals surface area contributed by atoms with Crippen molar-refractivity contribution in [1.82, 2.24) is 4.31 Å². The minimum absolute atomic E-state index is 0.0482. The Labute approximate surface area is 169 Å². The molecule has 2 N–H and O–H groups in total. The number of aromatic carboxylic acids is 1. The van der Waals surface area contributed by atoms with Gasteiger partial charge in [0.1, 0.15) is 0 Å². The van der Waals surface area contributed by atoms with E-state index in [-0.39, 0.29) is 17.0 Å². The van der Waals surface area contributed by atoms with Gasteiger partial charge in [0.2, 0.25) is 10.0 Å². The molecule has 0 radical (unpaired) electrons. The number of carbonyl (C=O) groups is 1. The van der Waals surface area contributed by atoms with Crippen LogP contribution in [0.15, 0.2) is 53.4 Å². The second-order valence-electron chi connectivity index (χ2n) is 6.93. The summed E-state index contributed by atoms with van der Waals surface area (Å²) in [6, 6.07) is 11.5. The number of halogens is 1. The maximum Gasteiger partial charge on any atom is 0.335 e. The maximum absolute atomic E-state index is 13.3. The van der Waals surface area contributed by atoms with Crippen LogP contribution in [0.25, 0.3) is 0 Å². The van der Waals surface area contributed by atoms with E-state index in [1.807, 2.05) is 0 Å². The smallest absolute Gasteiger partial charge is 0.335 e. The van der Waals surface area contributed by atoms with Gasteiger partial charge in [-0.15, -0.1) is 0 Å². The topological polar surface area (TPSA) is 94.9 Å². The Morgan fingerprint density at radius 2 is 1.64 bits per heavy atom. The zero-order chi connectivity index (χ0) is 20.3. The summed E-state index contributed by atoms with van der Waals surface area (Å²) in [6.07, 6.45) is 2.08. The van der Waals surface area contributed by atoms with Gasteiger partial charge in [0.25, 0.3) is 0 Å². The summed E-state index contributed by atoms with van der Waals surface area (Å²) >= 11 is 5.89. The first-order chi connectivity index (χ1) is 13.3. The highest BCUT2D eigenvalue weighted by atomic mass is 35.5. The molecule has 2 aromatic carbocycles. The standard InChI is InChI=1S/C20H22ClNO5S/c21-16-9-11-17(12-10-16)28(26,27)22(18-3-1-2-4-19(18)23)13-14-5-7-15(8-6-14)20(24)25/h5-12,18-19,23H,1-4,13H2,(H,24,25). The Bertz CT molecular complexity index is 928. The number of hydrogen-bond acceptors (Lipinski definition) is 4. The van der Waals surface area contributed by atoms with Gasteiger partial charge in [0, 0.05) is 11.6 Å². The number of rotatable bonds is 6. The van der Waals surface area contributed by atoms with Gasteiger partial charge in [-0.1, -0.05) is 36.6 Å².